The summed E-state index contributed by atoms with van der Waals surface area (Å²) >= 11 is 0. The number of nitrogens with zero attached hydrogens (tertiary/aromatic N) is 1. The van der Waals surface area contributed by atoms with Crippen LogP contribution in [0.2, 0.25) is 0 Å². The molecular formula is C16H24N2O2. The van der Waals surface area contributed by atoms with E-state index in [4.69, 9.17) is 9.47 Å². The molecule has 110 valence electrons. The zero-order chi connectivity index (χ0) is 13.8. The largest absolute Gasteiger partial charge is 0.454 e. The average Bonchev–Trinajstić information content (AvgIpc) is 2.95. The molecule has 0 bridgehead atoms. The highest BCUT2D eigenvalue weighted by Gasteiger charge is 2.17. The monoisotopic (exact) mass is 276 g/mol. The molecule has 1 saturated heterocycles. The lowest BCUT2D eigenvalue weighted by molar-refractivity contribution is 0.174. The van der Waals surface area contributed by atoms with Crippen molar-refractivity contribution in [1.82, 2.24) is 10.2 Å². The summed E-state index contributed by atoms with van der Waals surface area (Å²) in [5.41, 5.74) is 1.26. The second kappa shape index (κ2) is 6.46. The molecule has 0 aliphatic carbocycles. The fourth-order valence-electron chi connectivity index (χ4n) is 2.98. The van der Waals surface area contributed by atoms with Gasteiger partial charge in [0.25, 0.3) is 0 Å². The van der Waals surface area contributed by atoms with E-state index in [1.165, 1.54) is 38.0 Å². The lowest BCUT2D eigenvalue weighted by Crippen LogP contribution is -2.36. The van der Waals surface area contributed by atoms with E-state index in [1.54, 1.807) is 0 Å². The molecule has 20 heavy (non-hydrogen) atoms. The van der Waals surface area contributed by atoms with Gasteiger partial charge >= 0.3 is 0 Å². The number of nitrogens with one attached hydrogen (secondary N) is 1. The Morgan fingerprint density at radius 3 is 2.80 bits per heavy atom. The van der Waals surface area contributed by atoms with E-state index in [-0.39, 0.29) is 0 Å². The summed E-state index contributed by atoms with van der Waals surface area (Å²) in [7, 11) is 0. The summed E-state index contributed by atoms with van der Waals surface area (Å²) in [6, 6.07) is 6.19. The molecule has 2 aliphatic heterocycles. The maximum absolute atomic E-state index is 5.40. The maximum atomic E-state index is 5.40. The average molecular weight is 276 g/mol. The van der Waals surface area contributed by atoms with Gasteiger partial charge in [0.1, 0.15) is 0 Å². The summed E-state index contributed by atoms with van der Waals surface area (Å²) in [4.78, 5) is 2.54. The molecule has 0 radical (unpaired) electrons. The first-order chi connectivity index (χ1) is 9.85. The van der Waals surface area contributed by atoms with Gasteiger partial charge in [-0.3, -0.25) is 0 Å². The van der Waals surface area contributed by atoms with Gasteiger partial charge in [-0.2, -0.15) is 0 Å². The van der Waals surface area contributed by atoms with Crippen LogP contribution in [-0.4, -0.2) is 37.9 Å². The van der Waals surface area contributed by atoms with E-state index in [0.717, 1.165) is 30.5 Å². The van der Waals surface area contributed by atoms with Crippen LogP contribution < -0.4 is 14.8 Å². The van der Waals surface area contributed by atoms with Crippen LogP contribution >= 0.6 is 0 Å². The number of hydrogen-bond acceptors (Lipinski definition) is 4. The van der Waals surface area contributed by atoms with Gasteiger partial charge in [0, 0.05) is 6.54 Å². The van der Waals surface area contributed by atoms with E-state index in [1.807, 2.05) is 6.07 Å². The summed E-state index contributed by atoms with van der Waals surface area (Å²) in [6.07, 6.45) is 2.64. The number of hydrogen-bond donors (Lipinski definition) is 1. The number of rotatable bonds is 5. The van der Waals surface area contributed by atoms with Gasteiger partial charge in [0.2, 0.25) is 6.79 Å². The van der Waals surface area contributed by atoms with Gasteiger partial charge in [-0.25, -0.2) is 0 Å². The molecule has 1 aromatic rings. The van der Waals surface area contributed by atoms with Crippen molar-refractivity contribution < 1.29 is 9.47 Å². The van der Waals surface area contributed by atoms with E-state index in [9.17, 15) is 0 Å². The van der Waals surface area contributed by atoms with Crippen LogP contribution in [0.25, 0.3) is 0 Å². The zero-order valence-electron chi connectivity index (χ0n) is 12.2. The van der Waals surface area contributed by atoms with Crippen molar-refractivity contribution in [3.05, 3.63) is 23.8 Å². The lowest BCUT2D eigenvalue weighted by Gasteiger charge is -2.31. The second-order valence-electron chi connectivity index (χ2n) is 5.70. The van der Waals surface area contributed by atoms with Crippen LogP contribution in [0.1, 0.15) is 25.3 Å². The van der Waals surface area contributed by atoms with Crippen LogP contribution in [-0.2, 0) is 6.54 Å². The molecule has 4 heteroatoms. The normalized spacial score (nSPS) is 19.4. The summed E-state index contributed by atoms with van der Waals surface area (Å²) < 4.78 is 10.7. The predicted molar refractivity (Wildman–Crippen MR) is 79.1 cm³/mol. The molecular weight excluding hydrogens is 252 g/mol. The third kappa shape index (κ3) is 3.25. The third-order valence-electron chi connectivity index (χ3n) is 4.35. The first-order valence-electron chi connectivity index (χ1n) is 7.66. The molecule has 0 aromatic heterocycles. The molecule has 2 heterocycles. The van der Waals surface area contributed by atoms with E-state index in [0.29, 0.717) is 6.79 Å². The van der Waals surface area contributed by atoms with Crippen molar-refractivity contribution in [2.75, 3.05) is 33.0 Å². The smallest absolute Gasteiger partial charge is 0.231 e. The minimum Gasteiger partial charge on any atom is -0.454 e. The number of likely N-dealkylation sites (tertiary alicyclic amines) is 1. The Labute approximate surface area is 121 Å². The SMILES string of the molecule is CCN1CCC(CNCc2ccc3c(c2)OCO3)CC1. The fraction of sp³-hybridized carbons (Fsp3) is 0.625. The molecule has 0 atom stereocenters. The molecule has 0 unspecified atom stereocenters. The second-order valence-corrected chi connectivity index (χ2v) is 5.70. The van der Waals surface area contributed by atoms with Gasteiger partial charge in [0.05, 0.1) is 0 Å². The van der Waals surface area contributed by atoms with Crippen molar-refractivity contribution in [2.45, 2.75) is 26.3 Å². The van der Waals surface area contributed by atoms with Crippen LogP contribution in [0.3, 0.4) is 0 Å². The Balaban J connectivity index is 1.42. The molecule has 1 aromatic carbocycles. The molecule has 3 rings (SSSR count). The Bertz CT molecular complexity index is 442. The maximum Gasteiger partial charge on any atom is 0.231 e. The van der Waals surface area contributed by atoms with Gasteiger partial charge in [0.15, 0.2) is 11.5 Å². The standard InChI is InChI=1S/C16H24N2O2/c1-2-18-7-5-13(6-8-18)10-17-11-14-3-4-15-16(9-14)20-12-19-15/h3-4,9,13,17H,2,5-8,10-12H2,1H3. The first kappa shape index (κ1) is 13.7. The molecule has 0 amide bonds. The highest BCUT2D eigenvalue weighted by Crippen LogP contribution is 2.32. The Hall–Kier alpha value is -1.26. The number of benzene rings is 1. The van der Waals surface area contributed by atoms with Crippen molar-refractivity contribution in [2.24, 2.45) is 5.92 Å². The van der Waals surface area contributed by atoms with Crippen LogP contribution in [0.15, 0.2) is 18.2 Å². The zero-order valence-corrected chi connectivity index (χ0v) is 12.2. The van der Waals surface area contributed by atoms with Crippen molar-refractivity contribution in [3.8, 4) is 11.5 Å². The lowest BCUT2D eigenvalue weighted by atomic mass is 9.97. The van der Waals surface area contributed by atoms with Gasteiger partial charge < -0.3 is 19.7 Å². The van der Waals surface area contributed by atoms with Gasteiger partial charge in [-0.1, -0.05) is 13.0 Å². The Kier molecular flexibility index (Phi) is 4.43. The molecule has 4 nitrogen and oxygen atoms in total. The van der Waals surface area contributed by atoms with E-state index >= 15 is 0 Å². The first-order valence-corrected chi connectivity index (χ1v) is 7.66. The highest BCUT2D eigenvalue weighted by atomic mass is 16.7. The molecule has 0 spiro atoms. The van der Waals surface area contributed by atoms with Crippen molar-refractivity contribution >= 4 is 0 Å². The number of piperidine rings is 1. The predicted octanol–water partition coefficient (Wildman–Crippen LogP) is 2.24. The molecule has 2 aliphatic rings. The molecule has 1 N–H and O–H groups in total. The van der Waals surface area contributed by atoms with Crippen LogP contribution in [0.4, 0.5) is 0 Å². The number of ether oxygens (including phenoxy) is 2. The van der Waals surface area contributed by atoms with Gasteiger partial charge in [-0.15, -0.1) is 0 Å². The highest BCUT2D eigenvalue weighted by molar-refractivity contribution is 5.44. The van der Waals surface area contributed by atoms with Crippen LogP contribution in [0.5, 0.6) is 11.5 Å². The molecule has 1 fully saturated rings. The van der Waals surface area contributed by atoms with Crippen molar-refractivity contribution in [1.29, 1.82) is 0 Å². The molecule has 0 saturated carbocycles. The summed E-state index contributed by atoms with van der Waals surface area (Å²) in [6.45, 7) is 8.33. The summed E-state index contributed by atoms with van der Waals surface area (Å²) in [5, 5.41) is 3.58. The van der Waals surface area contributed by atoms with E-state index in [2.05, 4.69) is 29.3 Å². The van der Waals surface area contributed by atoms with Crippen molar-refractivity contribution in [3.63, 3.8) is 0 Å². The minimum absolute atomic E-state index is 0.349. The summed E-state index contributed by atoms with van der Waals surface area (Å²) in [5.74, 6) is 2.56. The number of fused-ring (bicyclic) bond motifs is 1. The minimum atomic E-state index is 0.349. The Morgan fingerprint density at radius 2 is 2.00 bits per heavy atom. The third-order valence-corrected chi connectivity index (χ3v) is 4.35. The van der Waals surface area contributed by atoms with Gasteiger partial charge in [-0.05, 0) is 62.6 Å². The van der Waals surface area contributed by atoms with Crippen LogP contribution in [0, 0.1) is 5.92 Å². The Morgan fingerprint density at radius 1 is 1.20 bits per heavy atom. The fourth-order valence-corrected chi connectivity index (χ4v) is 2.98. The topological polar surface area (TPSA) is 33.7 Å². The quantitative estimate of drug-likeness (QED) is 0.894. The van der Waals surface area contributed by atoms with E-state index < -0.39 is 0 Å².